The molecule has 0 saturated heterocycles. The summed E-state index contributed by atoms with van der Waals surface area (Å²) in [6.45, 7) is 2.15. The first-order valence-electron chi connectivity index (χ1n) is 10.3. The lowest BCUT2D eigenvalue weighted by Crippen LogP contribution is -2.62. The maximum absolute atomic E-state index is 12.7. The molecule has 5 rings (SSSR count). The van der Waals surface area contributed by atoms with Crippen molar-refractivity contribution in [2.45, 2.75) is 70.0 Å². The van der Waals surface area contributed by atoms with E-state index in [1.165, 1.54) is 0 Å². The van der Waals surface area contributed by atoms with Crippen LogP contribution in [0.5, 0.6) is 0 Å². The van der Waals surface area contributed by atoms with Gasteiger partial charge in [-0.15, -0.1) is 6.42 Å². The lowest BCUT2D eigenvalue weighted by molar-refractivity contribution is -0.199. The number of aliphatic hydroxyl groups is 1. The first-order valence-corrected chi connectivity index (χ1v) is 10.3. The van der Waals surface area contributed by atoms with E-state index in [4.69, 9.17) is 11.2 Å². The fourth-order valence-electron chi connectivity index (χ4n) is 8.81. The minimum absolute atomic E-state index is 0.0363. The molecule has 0 aromatic rings. The van der Waals surface area contributed by atoms with Crippen LogP contribution in [0.3, 0.4) is 0 Å². The number of carboxylic acid groups (broad SMARTS) is 1. The summed E-state index contributed by atoms with van der Waals surface area (Å²) < 4.78 is 5.97. The van der Waals surface area contributed by atoms with E-state index in [0.717, 1.165) is 44.9 Å². The van der Waals surface area contributed by atoms with Crippen LogP contribution in [0.1, 0.15) is 58.3 Å². The summed E-state index contributed by atoms with van der Waals surface area (Å²) in [7, 11) is 1.76. The van der Waals surface area contributed by atoms with Crippen LogP contribution in [0.4, 0.5) is 0 Å². The molecule has 5 aliphatic rings. The summed E-state index contributed by atoms with van der Waals surface area (Å²) in [6.07, 6.45) is 12.8. The molecule has 0 aromatic carbocycles. The highest BCUT2D eigenvalue weighted by molar-refractivity contribution is 5.79. The van der Waals surface area contributed by atoms with Gasteiger partial charge in [0, 0.05) is 17.9 Å². The molecule has 0 heterocycles. The van der Waals surface area contributed by atoms with Gasteiger partial charge in [-0.2, -0.15) is 0 Å². The van der Waals surface area contributed by atoms with Crippen LogP contribution in [0.2, 0.25) is 0 Å². The molecule has 2 N–H and O–H groups in total. The minimum atomic E-state index is -1.05. The van der Waals surface area contributed by atoms with Crippen LogP contribution in [0.15, 0.2) is 0 Å². The van der Waals surface area contributed by atoms with Gasteiger partial charge in [0.25, 0.3) is 0 Å². The number of methoxy groups -OCH3 is 1. The molecule has 5 aliphatic carbocycles. The number of carboxylic acids is 1. The van der Waals surface area contributed by atoms with Gasteiger partial charge in [0.2, 0.25) is 0 Å². The normalized spacial score (nSPS) is 59.5. The van der Waals surface area contributed by atoms with E-state index < -0.39 is 17.0 Å². The second-order valence-electron chi connectivity index (χ2n) is 10.1. The largest absolute Gasteiger partial charge is 0.481 e. The van der Waals surface area contributed by atoms with E-state index >= 15 is 0 Å². The molecule has 5 saturated carbocycles. The van der Waals surface area contributed by atoms with E-state index in [9.17, 15) is 15.0 Å². The van der Waals surface area contributed by atoms with Crippen LogP contribution >= 0.6 is 0 Å². The Kier molecular flexibility index (Phi) is 3.19. The molecular weight excluding hydrogens is 328 g/mol. The number of aliphatic carboxylic acids is 1. The Morgan fingerprint density at radius 2 is 1.92 bits per heavy atom. The van der Waals surface area contributed by atoms with Crippen molar-refractivity contribution in [3.05, 3.63) is 0 Å². The topological polar surface area (TPSA) is 66.8 Å². The molecule has 26 heavy (non-hydrogen) atoms. The zero-order chi connectivity index (χ0) is 18.5. The molecule has 5 fully saturated rings. The smallest absolute Gasteiger partial charge is 0.310 e. The molecule has 1 spiro atoms. The zero-order valence-electron chi connectivity index (χ0n) is 15.8. The Morgan fingerprint density at radius 3 is 2.54 bits per heavy atom. The number of carbonyl (C=O) groups is 1. The summed E-state index contributed by atoms with van der Waals surface area (Å²) in [5.74, 6) is 3.44. The van der Waals surface area contributed by atoms with Crippen molar-refractivity contribution >= 4 is 5.97 Å². The highest BCUT2D eigenvalue weighted by Crippen LogP contribution is 2.82. The van der Waals surface area contributed by atoms with Gasteiger partial charge in [-0.3, -0.25) is 4.79 Å². The summed E-state index contributed by atoms with van der Waals surface area (Å²) in [5, 5.41) is 21.6. The van der Waals surface area contributed by atoms with Gasteiger partial charge in [-0.05, 0) is 75.0 Å². The highest BCUT2D eigenvalue weighted by atomic mass is 16.5. The van der Waals surface area contributed by atoms with Crippen LogP contribution in [0.25, 0.3) is 0 Å². The van der Waals surface area contributed by atoms with Crippen molar-refractivity contribution in [2.24, 2.45) is 39.9 Å². The Labute approximate surface area is 155 Å². The third-order valence-corrected chi connectivity index (χ3v) is 10.1. The minimum Gasteiger partial charge on any atom is -0.481 e. The first-order chi connectivity index (χ1) is 12.3. The lowest BCUT2D eigenvalue weighted by atomic mass is 9.44. The standard InChI is InChI=1S/C22H30O4/c1-4-20(25)9-7-15-14-11-17(26-3)22-12-13(22)5-10-21(22,18(23)24)16(14)6-8-19(15,20)2/h1,13-17,25H,5-12H2,2-3H3,(H,23,24). The molecule has 0 radical (unpaired) electrons. The summed E-state index contributed by atoms with van der Waals surface area (Å²) in [6, 6.07) is 0. The third-order valence-electron chi connectivity index (χ3n) is 10.1. The molecule has 9 atom stereocenters. The van der Waals surface area contributed by atoms with Gasteiger partial charge >= 0.3 is 5.97 Å². The SMILES string of the molecule is C#CC1(O)CCC2C3CC(OC)C45CC4CCC5(C(=O)O)C3CCC21C. The third kappa shape index (κ3) is 1.53. The average molecular weight is 358 g/mol. The quantitative estimate of drug-likeness (QED) is 0.745. The fourth-order valence-corrected chi connectivity index (χ4v) is 8.81. The van der Waals surface area contributed by atoms with Gasteiger partial charge in [0.1, 0.15) is 5.60 Å². The van der Waals surface area contributed by atoms with Crippen LogP contribution in [0, 0.1) is 52.3 Å². The number of hydrogen-bond acceptors (Lipinski definition) is 3. The van der Waals surface area contributed by atoms with Crippen molar-refractivity contribution in [2.75, 3.05) is 7.11 Å². The molecule has 142 valence electrons. The van der Waals surface area contributed by atoms with Gasteiger partial charge in [-0.1, -0.05) is 12.8 Å². The van der Waals surface area contributed by atoms with Crippen molar-refractivity contribution in [1.29, 1.82) is 0 Å². The van der Waals surface area contributed by atoms with Gasteiger partial charge in [0.15, 0.2) is 0 Å². The van der Waals surface area contributed by atoms with Crippen molar-refractivity contribution in [3.63, 3.8) is 0 Å². The van der Waals surface area contributed by atoms with E-state index in [2.05, 4.69) is 12.8 Å². The van der Waals surface area contributed by atoms with Crippen molar-refractivity contribution < 1.29 is 19.7 Å². The van der Waals surface area contributed by atoms with Crippen LogP contribution in [-0.4, -0.2) is 35.0 Å². The maximum Gasteiger partial charge on any atom is 0.310 e. The average Bonchev–Trinajstić information content (AvgIpc) is 3.14. The molecule has 0 amide bonds. The number of terminal acetylenes is 1. The molecule has 4 nitrogen and oxygen atoms in total. The molecular formula is C22H30O4. The van der Waals surface area contributed by atoms with Gasteiger partial charge in [0.05, 0.1) is 11.5 Å². The molecule has 0 aliphatic heterocycles. The fraction of sp³-hybridized carbons (Fsp3) is 0.864. The summed E-state index contributed by atoms with van der Waals surface area (Å²) in [4.78, 5) is 12.7. The lowest BCUT2D eigenvalue weighted by Gasteiger charge is -2.60. The molecule has 9 unspecified atom stereocenters. The Morgan fingerprint density at radius 1 is 1.19 bits per heavy atom. The van der Waals surface area contributed by atoms with Crippen LogP contribution < -0.4 is 0 Å². The summed E-state index contributed by atoms with van der Waals surface area (Å²) >= 11 is 0. The molecule has 0 aromatic heterocycles. The number of hydrogen-bond donors (Lipinski definition) is 2. The first kappa shape index (κ1) is 17.1. The Hall–Kier alpha value is -1.05. The zero-order valence-corrected chi connectivity index (χ0v) is 15.8. The Bertz CT molecular complexity index is 711. The second-order valence-corrected chi connectivity index (χ2v) is 10.1. The predicted molar refractivity (Wildman–Crippen MR) is 96.1 cm³/mol. The predicted octanol–water partition coefficient (Wildman–Crippen LogP) is 3.08. The second kappa shape index (κ2) is 4.86. The van der Waals surface area contributed by atoms with Gasteiger partial charge in [-0.25, -0.2) is 0 Å². The van der Waals surface area contributed by atoms with E-state index in [1.807, 2.05) is 0 Å². The van der Waals surface area contributed by atoms with Gasteiger partial charge < -0.3 is 14.9 Å². The van der Waals surface area contributed by atoms with Crippen molar-refractivity contribution in [1.82, 2.24) is 0 Å². The van der Waals surface area contributed by atoms with E-state index in [0.29, 0.717) is 24.2 Å². The van der Waals surface area contributed by atoms with E-state index in [1.54, 1.807) is 7.11 Å². The van der Waals surface area contributed by atoms with Crippen molar-refractivity contribution in [3.8, 4) is 12.3 Å². The monoisotopic (exact) mass is 358 g/mol. The summed E-state index contributed by atoms with van der Waals surface area (Å²) in [5.41, 5.74) is -2.11. The van der Waals surface area contributed by atoms with Crippen LogP contribution in [-0.2, 0) is 9.53 Å². The maximum atomic E-state index is 12.7. The van der Waals surface area contributed by atoms with E-state index in [-0.39, 0.29) is 22.9 Å². The Balaban J connectivity index is 1.61. The number of rotatable bonds is 2. The highest BCUT2D eigenvalue weighted by Gasteiger charge is 2.82. The number of fused-ring (bicyclic) bond motifs is 4. The number of ether oxygens (including phenoxy) is 1. The molecule has 4 heteroatoms. The molecule has 0 bridgehead atoms.